The van der Waals surface area contributed by atoms with Gasteiger partial charge in [0.2, 0.25) is 0 Å². The number of hydrogen-bond donors (Lipinski definition) is 1. The van der Waals surface area contributed by atoms with Crippen molar-refractivity contribution >= 4 is 11.8 Å². The standard InChI is InChI=1S/C18H20N2O4/c1-22-17-9-14(7-8-16(17)19)24-15-10-20(11-15)18(21)23-12-13-5-3-2-4-6-13/h2-9,15H,10-12,19H2,1H3. The molecular formula is C18H20N2O4. The maximum absolute atomic E-state index is 12.0. The van der Waals surface area contributed by atoms with E-state index >= 15 is 0 Å². The fraction of sp³-hybridized carbons (Fsp3) is 0.278. The van der Waals surface area contributed by atoms with Gasteiger partial charge in [0.15, 0.2) is 0 Å². The Balaban J connectivity index is 1.44. The van der Waals surface area contributed by atoms with Crippen LogP contribution in [0.4, 0.5) is 10.5 Å². The molecule has 0 atom stereocenters. The van der Waals surface area contributed by atoms with E-state index in [-0.39, 0.29) is 18.8 Å². The molecule has 0 aliphatic carbocycles. The summed E-state index contributed by atoms with van der Waals surface area (Å²) in [5.74, 6) is 1.24. The highest BCUT2D eigenvalue weighted by Crippen LogP contribution is 2.28. The van der Waals surface area contributed by atoms with E-state index in [0.29, 0.717) is 30.3 Å². The number of nitrogens with zero attached hydrogens (tertiary/aromatic N) is 1. The summed E-state index contributed by atoms with van der Waals surface area (Å²) in [5.41, 5.74) is 7.30. The van der Waals surface area contributed by atoms with Crippen molar-refractivity contribution in [1.29, 1.82) is 0 Å². The molecule has 1 aliphatic rings. The van der Waals surface area contributed by atoms with Gasteiger partial charge in [0.05, 0.1) is 25.9 Å². The fourth-order valence-corrected chi connectivity index (χ4v) is 2.43. The van der Waals surface area contributed by atoms with Gasteiger partial charge in [-0.05, 0) is 17.7 Å². The zero-order valence-electron chi connectivity index (χ0n) is 13.5. The number of rotatable bonds is 5. The second-order valence-electron chi connectivity index (χ2n) is 5.59. The third kappa shape index (κ3) is 3.71. The Morgan fingerprint density at radius 3 is 2.67 bits per heavy atom. The number of carbonyl (C=O) groups excluding carboxylic acids is 1. The van der Waals surface area contributed by atoms with Gasteiger partial charge in [-0.2, -0.15) is 0 Å². The summed E-state index contributed by atoms with van der Waals surface area (Å²) in [6, 6.07) is 14.9. The topological polar surface area (TPSA) is 74.0 Å². The number of nitrogens with two attached hydrogens (primary N) is 1. The Morgan fingerprint density at radius 1 is 1.21 bits per heavy atom. The average molecular weight is 328 g/mol. The molecule has 0 bridgehead atoms. The molecule has 1 amide bonds. The van der Waals surface area contributed by atoms with Gasteiger partial charge in [-0.3, -0.25) is 0 Å². The Hall–Kier alpha value is -2.89. The van der Waals surface area contributed by atoms with Crippen LogP contribution in [0.25, 0.3) is 0 Å². The predicted molar refractivity (Wildman–Crippen MR) is 90.0 cm³/mol. The van der Waals surface area contributed by atoms with Crippen LogP contribution in [-0.2, 0) is 11.3 Å². The molecule has 3 rings (SSSR count). The van der Waals surface area contributed by atoms with E-state index in [1.54, 1.807) is 30.2 Å². The quantitative estimate of drug-likeness (QED) is 0.854. The van der Waals surface area contributed by atoms with Crippen molar-refractivity contribution in [3.8, 4) is 11.5 Å². The van der Waals surface area contributed by atoms with Gasteiger partial charge < -0.3 is 24.8 Å². The smallest absolute Gasteiger partial charge is 0.410 e. The van der Waals surface area contributed by atoms with Crippen molar-refractivity contribution in [3.63, 3.8) is 0 Å². The number of anilines is 1. The van der Waals surface area contributed by atoms with Crippen molar-refractivity contribution in [1.82, 2.24) is 4.90 Å². The van der Waals surface area contributed by atoms with Crippen LogP contribution in [0.5, 0.6) is 11.5 Å². The van der Waals surface area contributed by atoms with Crippen molar-refractivity contribution in [2.45, 2.75) is 12.7 Å². The summed E-state index contributed by atoms with van der Waals surface area (Å²) in [5, 5.41) is 0. The Morgan fingerprint density at radius 2 is 1.96 bits per heavy atom. The molecule has 2 aromatic carbocycles. The summed E-state index contributed by atoms with van der Waals surface area (Å²) in [4.78, 5) is 13.6. The third-order valence-corrected chi connectivity index (χ3v) is 3.82. The lowest BCUT2D eigenvalue weighted by Crippen LogP contribution is -2.56. The van der Waals surface area contributed by atoms with Crippen LogP contribution in [0.2, 0.25) is 0 Å². The molecule has 1 fully saturated rings. The van der Waals surface area contributed by atoms with Gasteiger partial charge >= 0.3 is 6.09 Å². The highest BCUT2D eigenvalue weighted by atomic mass is 16.6. The van der Waals surface area contributed by atoms with Crippen LogP contribution < -0.4 is 15.2 Å². The van der Waals surface area contributed by atoms with E-state index in [1.165, 1.54) is 0 Å². The van der Waals surface area contributed by atoms with Crippen LogP contribution in [0, 0.1) is 0 Å². The lowest BCUT2D eigenvalue weighted by molar-refractivity contribution is 0.00863. The number of likely N-dealkylation sites (tertiary alicyclic amines) is 1. The molecule has 6 nitrogen and oxygen atoms in total. The first-order valence-electron chi connectivity index (χ1n) is 7.71. The minimum Gasteiger partial charge on any atom is -0.494 e. The molecule has 1 heterocycles. The Bertz CT molecular complexity index is 699. The molecule has 2 aromatic rings. The van der Waals surface area contributed by atoms with Gasteiger partial charge in [-0.15, -0.1) is 0 Å². The summed E-state index contributed by atoms with van der Waals surface area (Å²) < 4.78 is 16.2. The first kappa shape index (κ1) is 16.0. The molecule has 1 saturated heterocycles. The first-order chi connectivity index (χ1) is 11.7. The third-order valence-electron chi connectivity index (χ3n) is 3.82. The summed E-state index contributed by atoms with van der Waals surface area (Å²) in [6.07, 6.45) is -0.379. The number of benzene rings is 2. The lowest BCUT2D eigenvalue weighted by atomic mass is 10.2. The second kappa shape index (κ2) is 7.12. The molecular weight excluding hydrogens is 308 g/mol. The molecule has 2 N–H and O–H groups in total. The Labute approximate surface area is 140 Å². The van der Waals surface area contributed by atoms with E-state index in [1.807, 2.05) is 30.3 Å². The lowest BCUT2D eigenvalue weighted by Gasteiger charge is -2.38. The molecule has 0 unspecified atom stereocenters. The number of hydrogen-bond acceptors (Lipinski definition) is 5. The van der Waals surface area contributed by atoms with Crippen molar-refractivity contribution < 1.29 is 19.0 Å². The summed E-state index contributed by atoms with van der Waals surface area (Å²) in [7, 11) is 1.56. The monoisotopic (exact) mass is 328 g/mol. The van der Waals surface area contributed by atoms with Crippen LogP contribution in [0.1, 0.15) is 5.56 Å². The van der Waals surface area contributed by atoms with E-state index in [4.69, 9.17) is 19.9 Å². The summed E-state index contributed by atoms with van der Waals surface area (Å²) >= 11 is 0. The van der Waals surface area contributed by atoms with Gasteiger partial charge in [0, 0.05) is 6.07 Å². The maximum Gasteiger partial charge on any atom is 0.410 e. The average Bonchev–Trinajstić information content (AvgIpc) is 2.58. The van der Waals surface area contributed by atoms with Gasteiger partial charge in [0.1, 0.15) is 24.2 Å². The minimum atomic E-state index is -0.325. The Kier molecular flexibility index (Phi) is 4.74. The number of amides is 1. The molecule has 0 spiro atoms. The molecule has 24 heavy (non-hydrogen) atoms. The number of carbonyl (C=O) groups is 1. The fourth-order valence-electron chi connectivity index (χ4n) is 2.43. The first-order valence-corrected chi connectivity index (χ1v) is 7.71. The van der Waals surface area contributed by atoms with Crippen molar-refractivity contribution in [2.75, 3.05) is 25.9 Å². The predicted octanol–water partition coefficient (Wildman–Crippen LogP) is 2.68. The highest BCUT2D eigenvalue weighted by molar-refractivity contribution is 5.68. The van der Waals surface area contributed by atoms with E-state index in [2.05, 4.69) is 0 Å². The number of ether oxygens (including phenoxy) is 3. The van der Waals surface area contributed by atoms with Crippen molar-refractivity contribution in [2.24, 2.45) is 0 Å². The minimum absolute atomic E-state index is 0.0531. The van der Waals surface area contributed by atoms with E-state index in [9.17, 15) is 4.79 Å². The van der Waals surface area contributed by atoms with Crippen LogP contribution >= 0.6 is 0 Å². The van der Waals surface area contributed by atoms with Crippen LogP contribution in [0.15, 0.2) is 48.5 Å². The molecule has 1 aliphatic heterocycles. The molecule has 0 aromatic heterocycles. The largest absolute Gasteiger partial charge is 0.494 e. The van der Waals surface area contributed by atoms with Gasteiger partial charge in [0.25, 0.3) is 0 Å². The van der Waals surface area contributed by atoms with Crippen molar-refractivity contribution in [3.05, 3.63) is 54.1 Å². The van der Waals surface area contributed by atoms with Gasteiger partial charge in [-0.25, -0.2) is 4.79 Å². The molecule has 0 saturated carbocycles. The zero-order valence-corrected chi connectivity index (χ0v) is 13.5. The van der Waals surface area contributed by atoms with Crippen LogP contribution in [0.3, 0.4) is 0 Å². The normalized spacial score (nSPS) is 14.0. The zero-order chi connectivity index (χ0) is 16.9. The molecule has 126 valence electrons. The SMILES string of the molecule is COc1cc(OC2CN(C(=O)OCc3ccccc3)C2)ccc1N. The van der Waals surface area contributed by atoms with E-state index < -0.39 is 0 Å². The number of nitrogen functional groups attached to an aromatic ring is 1. The summed E-state index contributed by atoms with van der Waals surface area (Å²) in [6.45, 7) is 1.28. The highest BCUT2D eigenvalue weighted by Gasteiger charge is 2.33. The van der Waals surface area contributed by atoms with Crippen LogP contribution in [-0.4, -0.2) is 37.3 Å². The number of methoxy groups -OCH3 is 1. The molecule has 6 heteroatoms. The molecule has 0 radical (unpaired) electrons. The second-order valence-corrected chi connectivity index (χ2v) is 5.59. The van der Waals surface area contributed by atoms with E-state index in [0.717, 1.165) is 5.56 Å². The maximum atomic E-state index is 12.0. The van der Waals surface area contributed by atoms with Gasteiger partial charge in [-0.1, -0.05) is 30.3 Å².